The lowest BCUT2D eigenvalue weighted by Crippen LogP contribution is -2.33. The van der Waals surface area contributed by atoms with Crippen LogP contribution >= 0.6 is 0 Å². The molecule has 0 radical (unpaired) electrons. The van der Waals surface area contributed by atoms with Crippen molar-refractivity contribution in [2.45, 2.75) is 40.2 Å². The second-order valence-corrected chi connectivity index (χ2v) is 7.08. The SMILES string of the molecule is CCNC(=O)c1ccc(C)c(NC(=O)N2CCC(n3nc(C)cc3C)C2)c1. The van der Waals surface area contributed by atoms with E-state index in [2.05, 4.69) is 21.8 Å². The van der Waals surface area contributed by atoms with Crippen molar-refractivity contribution >= 4 is 17.6 Å². The molecule has 1 atom stereocenters. The van der Waals surface area contributed by atoms with E-state index in [1.807, 2.05) is 38.4 Å². The molecule has 0 saturated carbocycles. The highest BCUT2D eigenvalue weighted by molar-refractivity contribution is 5.97. The number of amides is 3. The molecule has 7 nitrogen and oxygen atoms in total. The van der Waals surface area contributed by atoms with Gasteiger partial charge in [-0.25, -0.2) is 4.79 Å². The first kappa shape index (κ1) is 18.9. The number of hydrogen-bond donors (Lipinski definition) is 2. The number of urea groups is 1. The van der Waals surface area contributed by atoms with E-state index in [9.17, 15) is 9.59 Å². The molecule has 1 aromatic heterocycles. The first-order valence-corrected chi connectivity index (χ1v) is 9.36. The first-order valence-electron chi connectivity index (χ1n) is 9.36. The van der Waals surface area contributed by atoms with Crippen LogP contribution in [0.4, 0.5) is 10.5 Å². The molecule has 3 rings (SSSR count). The topological polar surface area (TPSA) is 79.3 Å². The Morgan fingerprint density at radius 3 is 2.67 bits per heavy atom. The molecule has 27 heavy (non-hydrogen) atoms. The summed E-state index contributed by atoms with van der Waals surface area (Å²) in [5.41, 5.74) is 4.24. The van der Waals surface area contributed by atoms with Gasteiger partial charge in [-0.3, -0.25) is 9.48 Å². The maximum atomic E-state index is 12.7. The van der Waals surface area contributed by atoms with Crippen LogP contribution in [0.25, 0.3) is 0 Å². The minimum absolute atomic E-state index is 0.140. The van der Waals surface area contributed by atoms with Crippen molar-refractivity contribution in [2.24, 2.45) is 0 Å². The largest absolute Gasteiger partial charge is 0.352 e. The fourth-order valence-electron chi connectivity index (χ4n) is 3.50. The van der Waals surface area contributed by atoms with E-state index in [0.717, 1.165) is 23.4 Å². The fraction of sp³-hybridized carbons (Fsp3) is 0.450. The Balaban J connectivity index is 1.68. The Morgan fingerprint density at radius 2 is 2.00 bits per heavy atom. The van der Waals surface area contributed by atoms with E-state index in [-0.39, 0.29) is 18.0 Å². The summed E-state index contributed by atoms with van der Waals surface area (Å²) in [4.78, 5) is 26.6. The van der Waals surface area contributed by atoms with E-state index >= 15 is 0 Å². The third kappa shape index (κ3) is 4.13. The van der Waals surface area contributed by atoms with E-state index in [1.54, 1.807) is 17.0 Å². The maximum Gasteiger partial charge on any atom is 0.321 e. The zero-order valence-corrected chi connectivity index (χ0v) is 16.4. The average Bonchev–Trinajstić information content (AvgIpc) is 3.23. The van der Waals surface area contributed by atoms with E-state index < -0.39 is 0 Å². The summed E-state index contributed by atoms with van der Waals surface area (Å²) in [7, 11) is 0. The molecular weight excluding hydrogens is 342 g/mol. The zero-order chi connectivity index (χ0) is 19.6. The van der Waals surface area contributed by atoms with Gasteiger partial charge in [0.25, 0.3) is 5.91 Å². The number of aromatic nitrogens is 2. The number of anilines is 1. The molecule has 1 aliphatic heterocycles. The number of benzene rings is 1. The van der Waals surface area contributed by atoms with Gasteiger partial charge in [0, 0.05) is 36.6 Å². The lowest BCUT2D eigenvalue weighted by Gasteiger charge is -2.19. The lowest BCUT2D eigenvalue weighted by atomic mass is 10.1. The monoisotopic (exact) mass is 369 g/mol. The first-order chi connectivity index (χ1) is 12.9. The van der Waals surface area contributed by atoms with Crippen molar-refractivity contribution in [1.29, 1.82) is 0 Å². The van der Waals surface area contributed by atoms with Gasteiger partial charge in [-0.05, 0) is 57.9 Å². The van der Waals surface area contributed by atoms with Gasteiger partial charge in [0.05, 0.1) is 11.7 Å². The Kier molecular flexibility index (Phi) is 5.48. The number of carbonyl (C=O) groups is 2. The maximum absolute atomic E-state index is 12.7. The van der Waals surface area contributed by atoms with Crippen LogP contribution in [-0.2, 0) is 0 Å². The second-order valence-electron chi connectivity index (χ2n) is 7.08. The molecule has 1 aromatic carbocycles. The number of likely N-dealkylation sites (tertiary alicyclic amines) is 1. The van der Waals surface area contributed by atoms with Gasteiger partial charge in [-0.1, -0.05) is 6.07 Å². The Hall–Kier alpha value is -2.83. The molecule has 0 spiro atoms. The predicted octanol–water partition coefficient (Wildman–Crippen LogP) is 3.04. The normalized spacial score (nSPS) is 16.4. The average molecular weight is 369 g/mol. The quantitative estimate of drug-likeness (QED) is 0.869. The van der Waals surface area contributed by atoms with Crippen molar-refractivity contribution in [3.63, 3.8) is 0 Å². The summed E-state index contributed by atoms with van der Waals surface area (Å²) in [6.07, 6.45) is 0.882. The van der Waals surface area contributed by atoms with Gasteiger partial charge in [-0.15, -0.1) is 0 Å². The van der Waals surface area contributed by atoms with E-state index in [4.69, 9.17) is 0 Å². The van der Waals surface area contributed by atoms with Gasteiger partial charge in [0.15, 0.2) is 0 Å². The molecule has 2 aromatic rings. The Morgan fingerprint density at radius 1 is 1.22 bits per heavy atom. The van der Waals surface area contributed by atoms with Gasteiger partial charge in [0.2, 0.25) is 0 Å². The molecule has 144 valence electrons. The van der Waals surface area contributed by atoms with Crippen LogP contribution in [0.1, 0.15) is 46.7 Å². The van der Waals surface area contributed by atoms with Crippen molar-refractivity contribution in [2.75, 3.05) is 25.0 Å². The Bertz CT molecular complexity index is 858. The lowest BCUT2D eigenvalue weighted by molar-refractivity contribution is 0.0956. The Labute approximate surface area is 159 Å². The molecule has 7 heteroatoms. The van der Waals surface area contributed by atoms with Crippen molar-refractivity contribution in [1.82, 2.24) is 20.0 Å². The predicted molar refractivity (Wildman–Crippen MR) is 105 cm³/mol. The van der Waals surface area contributed by atoms with Crippen molar-refractivity contribution < 1.29 is 9.59 Å². The number of nitrogens with zero attached hydrogens (tertiary/aromatic N) is 3. The summed E-state index contributed by atoms with van der Waals surface area (Å²) >= 11 is 0. The van der Waals surface area contributed by atoms with Crippen LogP contribution in [0, 0.1) is 20.8 Å². The molecule has 2 heterocycles. The van der Waals surface area contributed by atoms with Crippen LogP contribution in [0.2, 0.25) is 0 Å². The zero-order valence-electron chi connectivity index (χ0n) is 16.4. The summed E-state index contributed by atoms with van der Waals surface area (Å²) in [6, 6.07) is 7.46. The van der Waals surface area contributed by atoms with Crippen LogP contribution in [-0.4, -0.2) is 46.3 Å². The third-order valence-electron chi connectivity index (χ3n) is 4.92. The standard InChI is InChI=1S/C20H27N5O2/c1-5-21-19(26)16-7-6-13(2)18(11-16)22-20(27)24-9-8-17(12-24)25-15(4)10-14(3)23-25/h6-7,10-11,17H,5,8-9,12H2,1-4H3,(H,21,26)(H,22,27). The van der Waals surface area contributed by atoms with Crippen molar-refractivity contribution in [3.05, 3.63) is 46.8 Å². The third-order valence-corrected chi connectivity index (χ3v) is 4.92. The summed E-state index contributed by atoms with van der Waals surface area (Å²) in [6.45, 7) is 9.69. The van der Waals surface area contributed by atoms with Crippen LogP contribution in [0.3, 0.4) is 0 Å². The smallest absolute Gasteiger partial charge is 0.321 e. The van der Waals surface area contributed by atoms with Crippen LogP contribution in [0.5, 0.6) is 0 Å². The molecule has 1 aliphatic rings. The second kappa shape index (κ2) is 7.82. The van der Waals surface area contributed by atoms with Crippen LogP contribution in [0.15, 0.2) is 24.3 Å². The van der Waals surface area contributed by atoms with Crippen molar-refractivity contribution in [3.8, 4) is 0 Å². The summed E-state index contributed by atoms with van der Waals surface area (Å²) in [5.74, 6) is -0.140. The highest BCUT2D eigenvalue weighted by Gasteiger charge is 2.29. The fourth-order valence-corrected chi connectivity index (χ4v) is 3.50. The van der Waals surface area contributed by atoms with Crippen LogP contribution < -0.4 is 10.6 Å². The number of hydrogen-bond acceptors (Lipinski definition) is 3. The molecule has 1 saturated heterocycles. The molecular formula is C20H27N5O2. The highest BCUT2D eigenvalue weighted by Crippen LogP contribution is 2.24. The number of rotatable bonds is 4. The van der Waals surface area contributed by atoms with Gasteiger partial charge in [0.1, 0.15) is 0 Å². The number of carbonyl (C=O) groups excluding carboxylic acids is 2. The summed E-state index contributed by atoms with van der Waals surface area (Å²) < 4.78 is 2.02. The molecule has 0 bridgehead atoms. The van der Waals surface area contributed by atoms with E-state index in [0.29, 0.717) is 30.9 Å². The molecule has 3 amide bonds. The molecule has 0 aliphatic carbocycles. The number of aryl methyl sites for hydroxylation is 3. The molecule has 1 fully saturated rings. The van der Waals surface area contributed by atoms with Gasteiger partial charge in [-0.2, -0.15) is 5.10 Å². The van der Waals surface area contributed by atoms with Gasteiger partial charge < -0.3 is 15.5 Å². The molecule has 2 N–H and O–H groups in total. The van der Waals surface area contributed by atoms with Gasteiger partial charge >= 0.3 is 6.03 Å². The van der Waals surface area contributed by atoms with E-state index in [1.165, 1.54) is 0 Å². The highest BCUT2D eigenvalue weighted by atomic mass is 16.2. The minimum Gasteiger partial charge on any atom is -0.352 e. The molecule has 1 unspecified atom stereocenters. The minimum atomic E-state index is -0.143. The summed E-state index contributed by atoms with van der Waals surface area (Å²) in [5, 5.41) is 10.3. The number of nitrogens with one attached hydrogen (secondary N) is 2.